The van der Waals surface area contributed by atoms with Gasteiger partial charge in [-0.1, -0.05) is 20.8 Å². The highest BCUT2D eigenvalue weighted by Gasteiger charge is 2.21. The summed E-state index contributed by atoms with van der Waals surface area (Å²) in [6.45, 7) is 6.19. The molecule has 0 aliphatic rings. The first-order valence-corrected chi connectivity index (χ1v) is 12.0. The van der Waals surface area contributed by atoms with Gasteiger partial charge < -0.3 is 20.1 Å². The number of carbonyl (C=O) groups is 2. The molecule has 2 aromatic heterocycles. The first kappa shape index (κ1) is 26.2. The molecule has 3 N–H and O–H groups in total. The molecule has 10 nitrogen and oxygen atoms in total. The van der Waals surface area contributed by atoms with Crippen LogP contribution in [0.25, 0.3) is 5.69 Å². The summed E-state index contributed by atoms with van der Waals surface area (Å²) in [5.74, 6) is 1.97. The average molecular weight is 515 g/mol. The SMILES string of the molecule is CNC(=O)c1cc(Oc2ccc(NC(=O)Nc3cc(C(C)(C)C)nn3-c3ccc(OC)cc3)cc2)ccn1. The quantitative estimate of drug-likeness (QED) is 0.305. The van der Waals surface area contributed by atoms with E-state index in [-0.39, 0.29) is 17.0 Å². The van der Waals surface area contributed by atoms with Crippen molar-refractivity contribution in [2.75, 3.05) is 24.8 Å². The molecule has 0 bridgehead atoms. The summed E-state index contributed by atoms with van der Waals surface area (Å²) < 4.78 is 12.8. The van der Waals surface area contributed by atoms with Crippen molar-refractivity contribution in [3.05, 3.63) is 84.3 Å². The molecule has 0 aliphatic heterocycles. The molecular weight excluding hydrogens is 484 g/mol. The Labute approximate surface area is 221 Å². The van der Waals surface area contributed by atoms with E-state index in [2.05, 4.69) is 41.7 Å². The van der Waals surface area contributed by atoms with Gasteiger partial charge in [0.25, 0.3) is 5.91 Å². The van der Waals surface area contributed by atoms with Gasteiger partial charge in [0.15, 0.2) is 0 Å². The summed E-state index contributed by atoms with van der Waals surface area (Å²) in [6, 6.07) is 19.0. The van der Waals surface area contributed by atoms with Gasteiger partial charge in [0.1, 0.15) is 28.8 Å². The van der Waals surface area contributed by atoms with E-state index in [0.717, 1.165) is 17.1 Å². The van der Waals surface area contributed by atoms with E-state index in [4.69, 9.17) is 14.6 Å². The van der Waals surface area contributed by atoms with E-state index in [0.29, 0.717) is 23.0 Å². The maximum absolute atomic E-state index is 12.9. The lowest BCUT2D eigenvalue weighted by Gasteiger charge is -2.14. The van der Waals surface area contributed by atoms with Crippen LogP contribution in [0.3, 0.4) is 0 Å². The van der Waals surface area contributed by atoms with Crippen LogP contribution >= 0.6 is 0 Å². The highest BCUT2D eigenvalue weighted by atomic mass is 16.5. The first-order valence-electron chi connectivity index (χ1n) is 12.0. The summed E-state index contributed by atoms with van der Waals surface area (Å²) in [5, 5.41) is 13.0. The van der Waals surface area contributed by atoms with Crippen LogP contribution < -0.4 is 25.4 Å². The third kappa shape index (κ3) is 6.28. The van der Waals surface area contributed by atoms with Crippen molar-refractivity contribution in [2.45, 2.75) is 26.2 Å². The zero-order valence-electron chi connectivity index (χ0n) is 21.9. The maximum atomic E-state index is 12.9. The lowest BCUT2D eigenvalue weighted by molar-refractivity contribution is 0.0957. The van der Waals surface area contributed by atoms with Crippen molar-refractivity contribution in [1.82, 2.24) is 20.1 Å². The summed E-state index contributed by atoms with van der Waals surface area (Å²) in [6.07, 6.45) is 1.50. The molecule has 4 rings (SSSR count). The predicted octanol–water partition coefficient (Wildman–Crippen LogP) is 5.37. The Morgan fingerprint density at radius 1 is 0.868 bits per heavy atom. The van der Waals surface area contributed by atoms with Gasteiger partial charge in [0.2, 0.25) is 0 Å². The highest BCUT2D eigenvalue weighted by Crippen LogP contribution is 2.28. The molecule has 0 atom stereocenters. The molecule has 196 valence electrons. The Balaban J connectivity index is 1.46. The van der Waals surface area contributed by atoms with Gasteiger partial charge in [0.05, 0.1) is 18.5 Å². The summed E-state index contributed by atoms with van der Waals surface area (Å²) >= 11 is 0. The number of aromatic nitrogens is 3. The fourth-order valence-corrected chi connectivity index (χ4v) is 3.50. The molecule has 0 unspecified atom stereocenters. The van der Waals surface area contributed by atoms with Crippen LogP contribution in [-0.4, -0.2) is 40.9 Å². The zero-order chi connectivity index (χ0) is 27.3. The Morgan fingerprint density at radius 3 is 2.18 bits per heavy atom. The lowest BCUT2D eigenvalue weighted by atomic mass is 9.92. The fraction of sp³-hybridized carbons (Fsp3) is 0.214. The van der Waals surface area contributed by atoms with E-state index in [1.807, 2.05) is 30.3 Å². The molecule has 2 aromatic carbocycles. The fourth-order valence-electron chi connectivity index (χ4n) is 3.50. The van der Waals surface area contributed by atoms with Crippen molar-refractivity contribution in [3.8, 4) is 22.9 Å². The molecule has 0 fully saturated rings. The van der Waals surface area contributed by atoms with Crippen LogP contribution in [0.1, 0.15) is 37.0 Å². The number of nitrogens with one attached hydrogen (secondary N) is 3. The number of benzene rings is 2. The third-order valence-corrected chi connectivity index (χ3v) is 5.58. The van der Waals surface area contributed by atoms with Crippen molar-refractivity contribution in [1.29, 1.82) is 0 Å². The number of rotatable bonds is 7. The maximum Gasteiger partial charge on any atom is 0.324 e. The van der Waals surface area contributed by atoms with Crippen molar-refractivity contribution in [2.24, 2.45) is 0 Å². The van der Waals surface area contributed by atoms with Crippen LogP contribution in [0.5, 0.6) is 17.2 Å². The average Bonchev–Trinajstić information content (AvgIpc) is 3.34. The molecule has 0 aliphatic carbocycles. The van der Waals surface area contributed by atoms with E-state index >= 15 is 0 Å². The predicted molar refractivity (Wildman–Crippen MR) is 146 cm³/mol. The number of anilines is 2. The van der Waals surface area contributed by atoms with Gasteiger partial charge in [-0.05, 0) is 54.6 Å². The van der Waals surface area contributed by atoms with Gasteiger partial charge in [-0.15, -0.1) is 0 Å². The molecule has 0 radical (unpaired) electrons. The number of methoxy groups -OCH3 is 1. The second-order valence-corrected chi connectivity index (χ2v) is 9.44. The summed E-state index contributed by atoms with van der Waals surface area (Å²) in [7, 11) is 3.15. The number of hydrogen-bond acceptors (Lipinski definition) is 6. The lowest BCUT2D eigenvalue weighted by Crippen LogP contribution is -2.21. The largest absolute Gasteiger partial charge is 0.497 e. The van der Waals surface area contributed by atoms with E-state index in [1.54, 1.807) is 48.2 Å². The van der Waals surface area contributed by atoms with Gasteiger partial charge in [-0.2, -0.15) is 5.10 Å². The Hall–Kier alpha value is -4.86. The van der Waals surface area contributed by atoms with Crippen molar-refractivity contribution in [3.63, 3.8) is 0 Å². The molecule has 38 heavy (non-hydrogen) atoms. The van der Waals surface area contributed by atoms with Crippen LogP contribution in [-0.2, 0) is 5.41 Å². The second-order valence-electron chi connectivity index (χ2n) is 9.44. The number of carbonyl (C=O) groups excluding carboxylic acids is 2. The molecule has 2 heterocycles. The number of amides is 3. The Morgan fingerprint density at radius 2 is 1.55 bits per heavy atom. The van der Waals surface area contributed by atoms with E-state index < -0.39 is 6.03 Å². The first-order chi connectivity index (χ1) is 18.2. The number of ether oxygens (including phenoxy) is 2. The molecule has 0 spiro atoms. The smallest absolute Gasteiger partial charge is 0.324 e. The topological polar surface area (TPSA) is 119 Å². The van der Waals surface area contributed by atoms with Gasteiger partial charge in [-0.3, -0.25) is 15.1 Å². The zero-order valence-corrected chi connectivity index (χ0v) is 21.9. The van der Waals surface area contributed by atoms with Crippen LogP contribution in [0.4, 0.5) is 16.3 Å². The standard InChI is InChI=1S/C28H30N6O4/c1-28(2,3)24-17-25(34(33-24)19-8-12-20(37-5)13-9-19)32-27(36)31-18-6-10-21(11-7-18)38-22-14-15-30-23(16-22)26(35)29-4/h6-17H,1-5H3,(H,29,35)(H2,31,32,36). The molecule has 0 saturated heterocycles. The van der Waals surface area contributed by atoms with Crippen molar-refractivity contribution >= 4 is 23.4 Å². The minimum absolute atomic E-state index is 0.212. The minimum Gasteiger partial charge on any atom is -0.497 e. The van der Waals surface area contributed by atoms with Gasteiger partial charge in [-0.25, -0.2) is 9.48 Å². The summed E-state index contributed by atoms with van der Waals surface area (Å²) in [5.41, 5.74) is 2.23. The number of urea groups is 1. The Bertz CT molecular complexity index is 1420. The Kier molecular flexibility index (Phi) is 7.61. The van der Waals surface area contributed by atoms with Crippen LogP contribution in [0.2, 0.25) is 0 Å². The number of pyridine rings is 1. The molecule has 0 saturated carbocycles. The molecular formula is C28H30N6O4. The van der Waals surface area contributed by atoms with E-state index in [9.17, 15) is 9.59 Å². The van der Waals surface area contributed by atoms with Crippen LogP contribution in [0, 0.1) is 0 Å². The normalized spacial score (nSPS) is 11.0. The molecule has 3 amide bonds. The van der Waals surface area contributed by atoms with Crippen molar-refractivity contribution < 1.29 is 19.1 Å². The minimum atomic E-state index is -0.418. The molecule has 10 heteroatoms. The van der Waals surface area contributed by atoms with E-state index in [1.165, 1.54) is 13.2 Å². The third-order valence-electron chi connectivity index (χ3n) is 5.58. The highest BCUT2D eigenvalue weighted by molar-refractivity contribution is 5.99. The molecule has 4 aromatic rings. The van der Waals surface area contributed by atoms with Gasteiger partial charge >= 0.3 is 6.03 Å². The monoisotopic (exact) mass is 514 g/mol. The number of nitrogens with zero attached hydrogens (tertiary/aromatic N) is 3. The van der Waals surface area contributed by atoms with Crippen LogP contribution in [0.15, 0.2) is 72.9 Å². The summed E-state index contributed by atoms with van der Waals surface area (Å²) in [4.78, 5) is 28.7. The van der Waals surface area contributed by atoms with Gasteiger partial charge in [0, 0.05) is 36.5 Å². The second kappa shape index (κ2) is 11.0. The number of hydrogen-bond donors (Lipinski definition) is 3.